The lowest BCUT2D eigenvalue weighted by atomic mass is 9.79. The molecule has 0 aromatic heterocycles. The molecule has 1 aromatic rings. The van der Waals surface area contributed by atoms with Crippen molar-refractivity contribution in [2.24, 2.45) is 23.7 Å². The Bertz CT molecular complexity index is 725. The van der Waals surface area contributed by atoms with Gasteiger partial charge in [0.2, 0.25) is 5.91 Å². The van der Waals surface area contributed by atoms with E-state index in [0.29, 0.717) is 10.6 Å². The zero-order chi connectivity index (χ0) is 17.0. The van der Waals surface area contributed by atoms with Crippen molar-refractivity contribution in [1.82, 2.24) is 10.9 Å². The van der Waals surface area contributed by atoms with Crippen LogP contribution in [0.2, 0.25) is 5.02 Å². The summed E-state index contributed by atoms with van der Waals surface area (Å²) in [5.74, 6) is -1.84. The first kappa shape index (κ1) is 15.9. The first-order chi connectivity index (χ1) is 11.5. The van der Waals surface area contributed by atoms with Gasteiger partial charge in [-0.15, -0.1) is 0 Å². The lowest BCUT2D eigenvalue weighted by Gasteiger charge is -2.27. The van der Waals surface area contributed by atoms with Crippen LogP contribution in [0.1, 0.15) is 16.8 Å². The number of hydrazine groups is 1. The molecule has 24 heavy (non-hydrogen) atoms. The standard InChI is InChI=1S/C16H14BrClN2O4/c17-12-8-5-9-11(16(23)24-13(9)12)10(8)15(22)20-19-14(21)6-1-3-7(18)4-2-6/h1-4,8-13H,5H2,(H,19,21)(H,20,22)/t8-,9-,10-,11+,12+,13+/m1/s1. The van der Waals surface area contributed by atoms with E-state index in [1.165, 1.54) is 0 Å². The Hall–Kier alpha value is -1.60. The number of carbonyl (C=O) groups excluding carboxylic acids is 3. The second-order valence-corrected chi connectivity index (χ2v) is 7.90. The summed E-state index contributed by atoms with van der Waals surface area (Å²) in [5, 5.41) is 0.523. The molecule has 0 unspecified atom stereocenters. The van der Waals surface area contributed by atoms with Gasteiger partial charge in [-0.05, 0) is 36.6 Å². The number of esters is 1. The third-order valence-corrected chi connectivity index (χ3v) is 6.68. The summed E-state index contributed by atoms with van der Waals surface area (Å²) in [6.07, 6.45) is 0.667. The highest BCUT2D eigenvalue weighted by atomic mass is 79.9. The normalized spacial score (nSPS) is 35.7. The minimum atomic E-state index is -0.476. The van der Waals surface area contributed by atoms with Crippen molar-refractivity contribution in [3.63, 3.8) is 0 Å². The molecule has 3 fully saturated rings. The first-order valence-corrected chi connectivity index (χ1v) is 8.97. The van der Waals surface area contributed by atoms with Gasteiger partial charge in [0.25, 0.3) is 5.91 Å². The van der Waals surface area contributed by atoms with Crippen LogP contribution < -0.4 is 10.9 Å². The Morgan fingerprint density at radius 2 is 1.88 bits per heavy atom. The molecular formula is C16H14BrClN2O4. The lowest BCUT2D eigenvalue weighted by molar-refractivity contribution is -0.146. The molecule has 1 aliphatic heterocycles. The molecule has 126 valence electrons. The molecule has 1 aromatic carbocycles. The fraction of sp³-hybridized carbons (Fsp3) is 0.438. The smallest absolute Gasteiger partial charge is 0.310 e. The number of alkyl halides is 1. The van der Waals surface area contributed by atoms with E-state index in [-0.39, 0.29) is 34.6 Å². The minimum Gasteiger partial charge on any atom is -0.461 e. The highest BCUT2D eigenvalue weighted by molar-refractivity contribution is 9.09. The third kappa shape index (κ3) is 2.33. The van der Waals surface area contributed by atoms with E-state index in [0.717, 1.165) is 6.42 Å². The molecule has 0 spiro atoms. The van der Waals surface area contributed by atoms with E-state index < -0.39 is 17.7 Å². The van der Waals surface area contributed by atoms with Crippen LogP contribution in [0.3, 0.4) is 0 Å². The summed E-state index contributed by atoms with van der Waals surface area (Å²) in [5.41, 5.74) is 5.22. The van der Waals surface area contributed by atoms with Gasteiger partial charge in [-0.3, -0.25) is 25.2 Å². The number of halogens is 2. The molecule has 2 bridgehead atoms. The maximum atomic E-state index is 12.5. The number of hydrogen-bond acceptors (Lipinski definition) is 4. The van der Waals surface area contributed by atoms with Crippen LogP contribution in [-0.2, 0) is 14.3 Å². The molecule has 6 atom stereocenters. The topological polar surface area (TPSA) is 84.5 Å². The number of nitrogens with one attached hydrogen (secondary N) is 2. The lowest BCUT2D eigenvalue weighted by Crippen LogP contribution is -2.49. The number of amides is 2. The van der Waals surface area contributed by atoms with Crippen LogP contribution in [0.15, 0.2) is 24.3 Å². The van der Waals surface area contributed by atoms with Crippen molar-refractivity contribution in [3.8, 4) is 0 Å². The maximum Gasteiger partial charge on any atom is 0.310 e. The van der Waals surface area contributed by atoms with E-state index in [9.17, 15) is 14.4 Å². The molecule has 2 saturated carbocycles. The Kier molecular flexibility index (Phi) is 3.80. The third-order valence-electron chi connectivity index (χ3n) is 5.23. The van der Waals surface area contributed by atoms with Gasteiger partial charge >= 0.3 is 5.97 Å². The van der Waals surface area contributed by atoms with Gasteiger partial charge in [-0.25, -0.2) is 0 Å². The van der Waals surface area contributed by atoms with Crippen molar-refractivity contribution < 1.29 is 19.1 Å². The van der Waals surface area contributed by atoms with Gasteiger partial charge in [-0.1, -0.05) is 27.5 Å². The highest BCUT2D eigenvalue weighted by Gasteiger charge is 2.67. The molecule has 6 nitrogen and oxygen atoms in total. The summed E-state index contributed by atoms with van der Waals surface area (Å²) in [6, 6.07) is 6.32. The molecule has 2 aliphatic carbocycles. The van der Waals surface area contributed by atoms with Crippen LogP contribution in [0.25, 0.3) is 0 Å². The van der Waals surface area contributed by atoms with Crippen molar-refractivity contribution >= 4 is 45.3 Å². The van der Waals surface area contributed by atoms with Crippen LogP contribution in [0.4, 0.5) is 0 Å². The number of carbonyl (C=O) groups is 3. The Labute approximate surface area is 151 Å². The van der Waals surface area contributed by atoms with Crippen molar-refractivity contribution in [3.05, 3.63) is 34.9 Å². The molecule has 0 radical (unpaired) electrons. The largest absolute Gasteiger partial charge is 0.461 e. The molecule has 4 rings (SSSR count). The minimum absolute atomic E-state index is 0.00656. The Morgan fingerprint density at radius 3 is 2.58 bits per heavy atom. The molecule has 8 heteroatoms. The Balaban J connectivity index is 1.43. The van der Waals surface area contributed by atoms with Gasteiger partial charge in [0.1, 0.15) is 6.10 Å². The molecule has 2 N–H and O–H groups in total. The monoisotopic (exact) mass is 412 g/mol. The number of benzene rings is 1. The average molecular weight is 414 g/mol. The van der Waals surface area contributed by atoms with Crippen LogP contribution in [0, 0.1) is 23.7 Å². The van der Waals surface area contributed by atoms with Crippen molar-refractivity contribution in [1.29, 1.82) is 0 Å². The van der Waals surface area contributed by atoms with E-state index in [1.54, 1.807) is 24.3 Å². The number of fused-ring (bicyclic) bond motifs is 1. The number of rotatable bonds is 2. The maximum absolute atomic E-state index is 12.5. The van der Waals surface area contributed by atoms with Crippen LogP contribution in [0.5, 0.6) is 0 Å². The summed E-state index contributed by atoms with van der Waals surface area (Å²) in [4.78, 5) is 36.6. The molecule has 1 heterocycles. The molecule has 2 amide bonds. The van der Waals surface area contributed by atoms with E-state index >= 15 is 0 Å². The van der Waals surface area contributed by atoms with Crippen molar-refractivity contribution in [2.45, 2.75) is 17.4 Å². The zero-order valence-electron chi connectivity index (χ0n) is 12.4. The predicted octanol–water partition coefficient (Wildman–Crippen LogP) is 1.67. The predicted molar refractivity (Wildman–Crippen MR) is 88.2 cm³/mol. The van der Waals surface area contributed by atoms with E-state index in [4.69, 9.17) is 16.3 Å². The SMILES string of the molecule is O=C(NNC(=O)[C@@H]1[C@H]2C[C@H]3[C@H](OC(=O)[C@@H]31)[C@H]2Br)c1ccc(Cl)cc1. The quantitative estimate of drug-likeness (QED) is 0.439. The summed E-state index contributed by atoms with van der Waals surface area (Å²) < 4.78 is 5.37. The van der Waals surface area contributed by atoms with Gasteiger partial charge in [-0.2, -0.15) is 0 Å². The second-order valence-electron chi connectivity index (χ2n) is 6.41. The number of hydrogen-bond donors (Lipinski definition) is 2. The highest BCUT2D eigenvalue weighted by Crippen LogP contribution is 2.59. The second kappa shape index (κ2) is 5.74. The van der Waals surface area contributed by atoms with Crippen LogP contribution in [-0.4, -0.2) is 28.7 Å². The molecule has 1 saturated heterocycles. The van der Waals surface area contributed by atoms with Crippen LogP contribution >= 0.6 is 27.5 Å². The van der Waals surface area contributed by atoms with Gasteiger partial charge < -0.3 is 4.74 Å². The van der Waals surface area contributed by atoms with E-state index in [2.05, 4.69) is 26.8 Å². The molecule has 3 aliphatic rings. The molecular weight excluding hydrogens is 400 g/mol. The van der Waals surface area contributed by atoms with Gasteiger partial charge in [0.15, 0.2) is 0 Å². The summed E-state index contributed by atoms with van der Waals surface area (Å²) in [6.45, 7) is 0. The van der Waals surface area contributed by atoms with Crippen molar-refractivity contribution in [2.75, 3.05) is 0 Å². The van der Waals surface area contributed by atoms with Gasteiger partial charge in [0, 0.05) is 16.5 Å². The first-order valence-electron chi connectivity index (χ1n) is 7.67. The average Bonchev–Trinajstić information content (AvgIpc) is 3.17. The Morgan fingerprint density at radius 1 is 1.17 bits per heavy atom. The van der Waals surface area contributed by atoms with Gasteiger partial charge in [0.05, 0.1) is 16.7 Å². The fourth-order valence-corrected chi connectivity index (χ4v) is 5.38. The van der Waals surface area contributed by atoms with E-state index in [1.807, 2.05) is 0 Å². The summed E-state index contributed by atoms with van der Waals surface area (Å²) in [7, 11) is 0. The zero-order valence-corrected chi connectivity index (χ0v) is 14.7. The number of ether oxygens (including phenoxy) is 1. The fourth-order valence-electron chi connectivity index (χ4n) is 4.21. The summed E-state index contributed by atoms with van der Waals surface area (Å²) >= 11 is 9.33.